The van der Waals surface area contributed by atoms with Gasteiger partial charge >= 0.3 is 0 Å². The van der Waals surface area contributed by atoms with Gasteiger partial charge in [-0.15, -0.1) is 10.2 Å². The van der Waals surface area contributed by atoms with Crippen molar-refractivity contribution in [3.8, 4) is 0 Å². The first-order chi connectivity index (χ1) is 8.44. The van der Waals surface area contributed by atoms with E-state index in [0.717, 1.165) is 32.0 Å². The molecule has 0 aromatic carbocycles. The average molecular weight is 252 g/mol. The van der Waals surface area contributed by atoms with Crippen molar-refractivity contribution in [2.24, 2.45) is 5.41 Å². The van der Waals surface area contributed by atoms with Crippen LogP contribution < -0.4 is 0 Å². The Morgan fingerprint density at radius 2 is 2.11 bits per heavy atom. The van der Waals surface area contributed by atoms with Crippen LogP contribution in [-0.4, -0.2) is 63.1 Å². The topological polar surface area (TPSA) is 60.9 Å². The number of H-pyrrole nitrogens is 1. The van der Waals surface area contributed by atoms with Crippen LogP contribution in [0.3, 0.4) is 0 Å². The minimum atomic E-state index is 0.346. The third-order valence-electron chi connectivity index (χ3n) is 3.39. The van der Waals surface area contributed by atoms with E-state index in [2.05, 4.69) is 58.2 Å². The molecule has 1 unspecified atom stereocenters. The predicted molar refractivity (Wildman–Crippen MR) is 69.9 cm³/mol. The third-order valence-corrected chi connectivity index (χ3v) is 3.39. The first-order valence-corrected chi connectivity index (χ1v) is 6.59. The molecule has 1 saturated heterocycles. The van der Waals surface area contributed by atoms with Gasteiger partial charge in [0.1, 0.15) is 0 Å². The van der Waals surface area contributed by atoms with Crippen molar-refractivity contribution in [2.45, 2.75) is 39.8 Å². The highest BCUT2D eigenvalue weighted by atomic mass is 15.5. The molecule has 1 aromatic rings. The fraction of sp³-hybridized carbons (Fsp3) is 0.917. The summed E-state index contributed by atoms with van der Waals surface area (Å²) >= 11 is 0. The fourth-order valence-corrected chi connectivity index (χ4v) is 2.59. The number of likely N-dealkylation sites (N-methyl/N-ethyl adjacent to an activating group) is 1. The van der Waals surface area contributed by atoms with Gasteiger partial charge in [-0.05, 0) is 18.9 Å². The maximum atomic E-state index is 4.06. The average Bonchev–Trinajstić information content (AvgIpc) is 2.72. The van der Waals surface area contributed by atoms with Gasteiger partial charge in [0.2, 0.25) is 0 Å². The van der Waals surface area contributed by atoms with Crippen LogP contribution in [0, 0.1) is 5.41 Å². The summed E-state index contributed by atoms with van der Waals surface area (Å²) in [5, 5.41) is 14.3. The van der Waals surface area contributed by atoms with Gasteiger partial charge in [-0.1, -0.05) is 26.0 Å². The molecular formula is C12H24N6. The van der Waals surface area contributed by atoms with Gasteiger partial charge in [-0.3, -0.25) is 4.90 Å². The summed E-state index contributed by atoms with van der Waals surface area (Å²) < 4.78 is 0. The highest BCUT2D eigenvalue weighted by Gasteiger charge is 2.29. The summed E-state index contributed by atoms with van der Waals surface area (Å²) in [6.07, 6.45) is 1.19. The van der Waals surface area contributed by atoms with Crippen molar-refractivity contribution in [1.29, 1.82) is 0 Å². The molecular weight excluding hydrogens is 228 g/mol. The molecule has 0 spiro atoms. The van der Waals surface area contributed by atoms with E-state index >= 15 is 0 Å². The Labute approximate surface area is 109 Å². The maximum Gasteiger partial charge on any atom is 0.188 e. The number of rotatable bonds is 3. The number of aromatic nitrogens is 4. The number of tetrazole rings is 1. The fourth-order valence-electron chi connectivity index (χ4n) is 2.59. The zero-order valence-corrected chi connectivity index (χ0v) is 11.8. The SMILES string of the molecule is CN1CCN(Cc2nn[nH]n2)C(CC(C)(C)C)C1. The molecule has 0 saturated carbocycles. The summed E-state index contributed by atoms with van der Waals surface area (Å²) in [6.45, 7) is 11.0. The highest BCUT2D eigenvalue weighted by molar-refractivity contribution is 4.87. The lowest BCUT2D eigenvalue weighted by molar-refractivity contribution is 0.0564. The van der Waals surface area contributed by atoms with E-state index in [0.29, 0.717) is 11.5 Å². The van der Waals surface area contributed by atoms with Gasteiger partial charge in [0, 0.05) is 25.7 Å². The van der Waals surface area contributed by atoms with Gasteiger partial charge in [0.05, 0.1) is 6.54 Å². The Bertz CT molecular complexity index is 355. The quantitative estimate of drug-likeness (QED) is 0.860. The van der Waals surface area contributed by atoms with Crippen molar-refractivity contribution in [3.63, 3.8) is 0 Å². The maximum absolute atomic E-state index is 4.06. The van der Waals surface area contributed by atoms with Gasteiger partial charge in [-0.25, -0.2) is 0 Å². The molecule has 1 N–H and O–H groups in total. The van der Waals surface area contributed by atoms with E-state index in [-0.39, 0.29) is 0 Å². The zero-order valence-electron chi connectivity index (χ0n) is 11.8. The molecule has 6 heteroatoms. The van der Waals surface area contributed by atoms with Crippen LogP contribution >= 0.6 is 0 Å². The largest absolute Gasteiger partial charge is 0.304 e. The number of nitrogens with one attached hydrogen (secondary N) is 1. The molecule has 6 nitrogen and oxygen atoms in total. The standard InChI is InChI=1S/C12H24N6/c1-12(2,3)7-10-8-17(4)5-6-18(10)9-11-13-15-16-14-11/h10H,5-9H2,1-4H3,(H,13,14,15,16). The van der Waals surface area contributed by atoms with Crippen LogP contribution in [0.15, 0.2) is 0 Å². The van der Waals surface area contributed by atoms with E-state index in [9.17, 15) is 0 Å². The van der Waals surface area contributed by atoms with Gasteiger partial charge in [-0.2, -0.15) is 5.21 Å². The molecule has 0 amide bonds. The summed E-state index contributed by atoms with van der Waals surface area (Å²) in [7, 11) is 2.20. The Hall–Kier alpha value is -1.01. The molecule has 2 heterocycles. The van der Waals surface area contributed by atoms with Crippen LogP contribution in [-0.2, 0) is 6.54 Å². The van der Waals surface area contributed by atoms with Crippen LogP contribution in [0.1, 0.15) is 33.0 Å². The number of nitrogens with zero attached hydrogens (tertiary/aromatic N) is 5. The summed E-state index contributed by atoms with van der Waals surface area (Å²) in [4.78, 5) is 4.89. The lowest BCUT2D eigenvalue weighted by Gasteiger charge is -2.42. The number of piperazine rings is 1. The van der Waals surface area contributed by atoms with Gasteiger partial charge < -0.3 is 4.90 Å². The van der Waals surface area contributed by atoms with E-state index in [4.69, 9.17) is 0 Å². The van der Waals surface area contributed by atoms with Crippen molar-refractivity contribution >= 4 is 0 Å². The van der Waals surface area contributed by atoms with Crippen LogP contribution in [0.2, 0.25) is 0 Å². The van der Waals surface area contributed by atoms with Crippen molar-refractivity contribution in [2.75, 3.05) is 26.7 Å². The molecule has 0 bridgehead atoms. The molecule has 18 heavy (non-hydrogen) atoms. The molecule has 0 radical (unpaired) electrons. The van der Waals surface area contributed by atoms with Crippen molar-refractivity contribution in [3.05, 3.63) is 5.82 Å². The normalized spacial score (nSPS) is 23.4. The van der Waals surface area contributed by atoms with E-state index in [1.54, 1.807) is 0 Å². The van der Waals surface area contributed by atoms with Crippen LogP contribution in [0.25, 0.3) is 0 Å². The Kier molecular flexibility index (Phi) is 3.97. The van der Waals surface area contributed by atoms with E-state index in [1.165, 1.54) is 6.42 Å². The van der Waals surface area contributed by atoms with Crippen LogP contribution in [0.5, 0.6) is 0 Å². The van der Waals surface area contributed by atoms with Gasteiger partial charge in [0.25, 0.3) is 0 Å². The number of hydrogen-bond donors (Lipinski definition) is 1. The molecule has 1 fully saturated rings. The first kappa shape index (κ1) is 13.4. The molecule has 1 aliphatic heterocycles. The van der Waals surface area contributed by atoms with E-state index < -0.39 is 0 Å². The number of hydrogen-bond acceptors (Lipinski definition) is 5. The Morgan fingerprint density at radius 3 is 2.72 bits per heavy atom. The lowest BCUT2D eigenvalue weighted by atomic mass is 9.86. The first-order valence-electron chi connectivity index (χ1n) is 6.59. The van der Waals surface area contributed by atoms with Crippen molar-refractivity contribution < 1.29 is 0 Å². The second-order valence-electron chi connectivity index (χ2n) is 6.48. The molecule has 1 atom stereocenters. The molecule has 102 valence electrons. The van der Waals surface area contributed by atoms with E-state index in [1.807, 2.05) is 0 Å². The Balaban J connectivity index is 2.01. The summed E-state index contributed by atoms with van der Waals surface area (Å²) in [5.74, 6) is 0.790. The smallest absolute Gasteiger partial charge is 0.188 e. The lowest BCUT2D eigenvalue weighted by Crippen LogP contribution is -2.52. The summed E-state index contributed by atoms with van der Waals surface area (Å²) in [5.41, 5.74) is 0.346. The highest BCUT2D eigenvalue weighted by Crippen LogP contribution is 2.26. The van der Waals surface area contributed by atoms with Gasteiger partial charge in [0.15, 0.2) is 5.82 Å². The third kappa shape index (κ3) is 3.74. The molecule has 0 aliphatic carbocycles. The molecule has 1 aliphatic rings. The molecule has 1 aromatic heterocycles. The second kappa shape index (κ2) is 5.32. The molecule has 2 rings (SSSR count). The predicted octanol–water partition coefficient (Wildman–Crippen LogP) is 0.752. The zero-order chi connectivity index (χ0) is 13.2. The second-order valence-corrected chi connectivity index (χ2v) is 6.48. The minimum Gasteiger partial charge on any atom is -0.304 e. The Morgan fingerprint density at radius 1 is 1.33 bits per heavy atom. The van der Waals surface area contributed by atoms with Crippen molar-refractivity contribution in [1.82, 2.24) is 30.4 Å². The monoisotopic (exact) mass is 252 g/mol. The minimum absolute atomic E-state index is 0.346. The van der Waals surface area contributed by atoms with Crippen LogP contribution in [0.4, 0.5) is 0 Å². The summed E-state index contributed by atoms with van der Waals surface area (Å²) in [6, 6.07) is 0.572. The number of aromatic amines is 1.